The number of carbonyl (C=O) groups is 1. The van der Waals surface area contributed by atoms with Gasteiger partial charge < -0.3 is 5.73 Å². The average Bonchev–Trinajstić information content (AvgIpc) is 2.09. The Kier molecular flexibility index (Phi) is 8.73. The van der Waals surface area contributed by atoms with Crippen LogP contribution in [-0.4, -0.2) is 5.91 Å². The minimum Gasteiger partial charge on any atom is -0.370 e. The smallest absolute Gasteiger partial charge is 0.217 e. The van der Waals surface area contributed by atoms with Gasteiger partial charge in [-0.3, -0.25) is 4.79 Å². The molecule has 0 spiro atoms. The summed E-state index contributed by atoms with van der Waals surface area (Å²) in [6.45, 7) is 3.68. The Bertz CT molecular complexity index is 143. The number of primary amides is 1. The zero-order valence-corrected chi connectivity index (χ0v) is 8.43. The molecule has 0 unspecified atom stereocenters. The molecule has 0 rings (SSSR count). The van der Waals surface area contributed by atoms with Gasteiger partial charge in [0.05, 0.1) is 0 Å². The molecular formula is C11H21NO. The Balaban J connectivity index is 2.91. The third-order valence-electron chi connectivity index (χ3n) is 2.08. The molecule has 13 heavy (non-hydrogen) atoms. The van der Waals surface area contributed by atoms with E-state index in [1.165, 1.54) is 25.7 Å². The van der Waals surface area contributed by atoms with E-state index in [0.29, 0.717) is 6.42 Å². The van der Waals surface area contributed by atoms with Crippen LogP contribution in [0.15, 0.2) is 12.7 Å². The first-order valence-electron chi connectivity index (χ1n) is 5.16. The van der Waals surface area contributed by atoms with Crippen molar-refractivity contribution in [3.8, 4) is 0 Å². The van der Waals surface area contributed by atoms with E-state index in [0.717, 1.165) is 19.3 Å². The van der Waals surface area contributed by atoms with E-state index in [-0.39, 0.29) is 5.91 Å². The molecule has 0 saturated heterocycles. The first kappa shape index (κ1) is 12.2. The second kappa shape index (κ2) is 9.30. The number of nitrogens with two attached hydrogens (primary N) is 1. The van der Waals surface area contributed by atoms with Gasteiger partial charge in [0.25, 0.3) is 0 Å². The van der Waals surface area contributed by atoms with Crippen LogP contribution in [-0.2, 0) is 4.79 Å². The summed E-state index contributed by atoms with van der Waals surface area (Å²) in [4.78, 5) is 10.4. The minimum atomic E-state index is -0.174. The van der Waals surface area contributed by atoms with Crippen LogP contribution in [0.4, 0.5) is 0 Å². The highest BCUT2D eigenvalue weighted by Gasteiger charge is 1.94. The second-order valence-corrected chi connectivity index (χ2v) is 3.41. The van der Waals surface area contributed by atoms with Gasteiger partial charge in [-0.2, -0.15) is 0 Å². The average molecular weight is 183 g/mol. The second-order valence-electron chi connectivity index (χ2n) is 3.41. The van der Waals surface area contributed by atoms with Crippen molar-refractivity contribution in [3.05, 3.63) is 12.7 Å². The molecule has 0 bridgehead atoms. The van der Waals surface area contributed by atoms with Crippen LogP contribution in [0.3, 0.4) is 0 Å². The third kappa shape index (κ3) is 11.2. The van der Waals surface area contributed by atoms with E-state index in [2.05, 4.69) is 6.58 Å². The summed E-state index contributed by atoms with van der Waals surface area (Å²) < 4.78 is 0. The van der Waals surface area contributed by atoms with Gasteiger partial charge in [0.15, 0.2) is 0 Å². The summed E-state index contributed by atoms with van der Waals surface area (Å²) >= 11 is 0. The predicted molar refractivity (Wildman–Crippen MR) is 56.3 cm³/mol. The molecule has 0 aromatic carbocycles. The van der Waals surface area contributed by atoms with E-state index in [1.807, 2.05) is 6.08 Å². The summed E-state index contributed by atoms with van der Waals surface area (Å²) in [6.07, 6.45) is 10.8. The zero-order valence-electron chi connectivity index (χ0n) is 8.43. The largest absolute Gasteiger partial charge is 0.370 e. The first-order chi connectivity index (χ1) is 6.27. The normalized spacial score (nSPS) is 9.85. The molecule has 0 aliphatic rings. The standard InChI is InChI=1S/C11H21NO/c1-2-3-4-5-6-7-8-9-10-11(12)13/h2H,1,3-10H2,(H2,12,13). The summed E-state index contributed by atoms with van der Waals surface area (Å²) in [5, 5.41) is 0. The number of amides is 1. The fourth-order valence-corrected chi connectivity index (χ4v) is 1.30. The monoisotopic (exact) mass is 183 g/mol. The van der Waals surface area contributed by atoms with Crippen LogP contribution in [0.25, 0.3) is 0 Å². The lowest BCUT2D eigenvalue weighted by Crippen LogP contribution is -2.09. The molecule has 0 aromatic rings. The van der Waals surface area contributed by atoms with Gasteiger partial charge in [0.2, 0.25) is 5.91 Å². The Morgan fingerprint density at radius 1 is 1.08 bits per heavy atom. The molecule has 0 heterocycles. The van der Waals surface area contributed by atoms with Crippen LogP contribution in [0.2, 0.25) is 0 Å². The highest BCUT2D eigenvalue weighted by Crippen LogP contribution is 2.08. The van der Waals surface area contributed by atoms with Gasteiger partial charge in [0, 0.05) is 6.42 Å². The molecule has 0 radical (unpaired) electrons. The Labute approximate surface area is 81.2 Å². The Morgan fingerprint density at radius 2 is 1.62 bits per heavy atom. The van der Waals surface area contributed by atoms with E-state index in [9.17, 15) is 4.79 Å². The lowest BCUT2D eigenvalue weighted by atomic mass is 10.1. The molecular weight excluding hydrogens is 162 g/mol. The molecule has 2 N–H and O–H groups in total. The highest BCUT2D eigenvalue weighted by atomic mass is 16.1. The van der Waals surface area contributed by atoms with Crippen LogP contribution in [0, 0.1) is 0 Å². The molecule has 0 saturated carbocycles. The van der Waals surface area contributed by atoms with Crippen LogP contribution >= 0.6 is 0 Å². The van der Waals surface area contributed by atoms with E-state index < -0.39 is 0 Å². The van der Waals surface area contributed by atoms with Crippen molar-refractivity contribution in [2.75, 3.05) is 0 Å². The number of hydrogen-bond donors (Lipinski definition) is 1. The van der Waals surface area contributed by atoms with Crippen molar-refractivity contribution in [1.29, 1.82) is 0 Å². The molecule has 0 aromatic heterocycles. The molecule has 0 fully saturated rings. The molecule has 0 aliphatic carbocycles. The number of unbranched alkanes of at least 4 members (excludes halogenated alkanes) is 6. The van der Waals surface area contributed by atoms with Crippen molar-refractivity contribution in [2.24, 2.45) is 5.73 Å². The maximum absolute atomic E-state index is 10.4. The van der Waals surface area contributed by atoms with Crippen molar-refractivity contribution >= 4 is 5.91 Å². The molecule has 0 atom stereocenters. The number of carbonyl (C=O) groups excluding carboxylic acids is 1. The minimum absolute atomic E-state index is 0.174. The van der Waals surface area contributed by atoms with Crippen LogP contribution < -0.4 is 5.73 Å². The molecule has 2 heteroatoms. The number of hydrogen-bond acceptors (Lipinski definition) is 1. The van der Waals surface area contributed by atoms with E-state index in [4.69, 9.17) is 5.73 Å². The highest BCUT2D eigenvalue weighted by molar-refractivity contribution is 5.73. The van der Waals surface area contributed by atoms with Gasteiger partial charge in [-0.15, -0.1) is 6.58 Å². The maximum Gasteiger partial charge on any atom is 0.217 e. The predicted octanol–water partition coefficient (Wildman–Crippen LogP) is 2.78. The van der Waals surface area contributed by atoms with Crippen molar-refractivity contribution < 1.29 is 4.79 Å². The summed E-state index contributed by atoms with van der Waals surface area (Å²) in [6, 6.07) is 0. The van der Waals surface area contributed by atoms with Crippen LogP contribution in [0.5, 0.6) is 0 Å². The lowest BCUT2D eigenvalue weighted by molar-refractivity contribution is -0.118. The van der Waals surface area contributed by atoms with E-state index >= 15 is 0 Å². The molecule has 76 valence electrons. The lowest BCUT2D eigenvalue weighted by Gasteiger charge is -1.99. The number of allylic oxidation sites excluding steroid dienone is 1. The van der Waals surface area contributed by atoms with Gasteiger partial charge >= 0.3 is 0 Å². The summed E-state index contributed by atoms with van der Waals surface area (Å²) in [5.74, 6) is -0.174. The fourth-order valence-electron chi connectivity index (χ4n) is 1.30. The zero-order chi connectivity index (χ0) is 9.94. The van der Waals surface area contributed by atoms with Crippen LogP contribution in [0.1, 0.15) is 51.4 Å². The van der Waals surface area contributed by atoms with Gasteiger partial charge in [-0.1, -0.05) is 31.8 Å². The topological polar surface area (TPSA) is 43.1 Å². The first-order valence-corrected chi connectivity index (χ1v) is 5.16. The van der Waals surface area contributed by atoms with E-state index in [1.54, 1.807) is 0 Å². The SMILES string of the molecule is C=CCCCCCCCCC(N)=O. The van der Waals surface area contributed by atoms with Gasteiger partial charge in [-0.05, 0) is 19.3 Å². The molecule has 1 amide bonds. The fraction of sp³-hybridized carbons (Fsp3) is 0.727. The quantitative estimate of drug-likeness (QED) is 0.433. The number of rotatable bonds is 9. The van der Waals surface area contributed by atoms with Crippen molar-refractivity contribution in [2.45, 2.75) is 51.4 Å². The Hall–Kier alpha value is -0.790. The summed E-state index contributed by atoms with van der Waals surface area (Å²) in [5.41, 5.74) is 5.02. The van der Waals surface area contributed by atoms with Crippen molar-refractivity contribution in [3.63, 3.8) is 0 Å². The molecule has 2 nitrogen and oxygen atoms in total. The summed E-state index contributed by atoms with van der Waals surface area (Å²) in [7, 11) is 0. The Morgan fingerprint density at radius 3 is 2.15 bits per heavy atom. The van der Waals surface area contributed by atoms with Gasteiger partial charge in [-0.25, -0.2) is 0 Å². The third-order valence-corrected chi connectivity index (χ3v) is 2.08. The van der Waals surface area contributed by atoms with Crippen molar-refractivity contribution in [1.82, 2.24) is 0 Å². The van der Waals surface area contributed by atoms with Gasteiger partial charge in [0.1, 0.15) is 0 Å². The maximum atomic E-state index is 10.4. The molecule has 0 aliphatic heterocycles.